The molecule has 0 unspecified atom stereocenters. The van der Waals surface area contributed by atoms with E-state index in [0.717, 1.165) is 23.8 Å². The molecule has 2 rings (SSSR count). The molecule has 4 N–H and O–H groups in total. The number of aliphatic imine (C=N–C) groups is 1. The number of nitrogens with two attached hydrogens (primary N) is 1. The molecule has 2 aromatic rings. The summed E-state index contributed by atoms with van der Waals surface area (Å²) in [6, 6.07) is 11.6. The van der Waals surface area contributed by atoms with Crippen LogP contribution in [0.5, 0.6) is 5.75 Å². The number of hydrogen-bond acceptors (Lipinski definition) is 4. The first-order chi connectivity index (χ1) is 11.4. The molecule has 0 saturated carbocycles. The van der Waals surface area contributed by atoms with E-state index in [1.165, 1.54) is 0 Å². The Balaban J connectivity index is 0.000000648. The highest BCUT2D eigenvalue weighted by molar-refractivity contribution is 5.91. The normalized spacial score (nSPS) is 10.4. The largest absolute Gasteiger partial charge is 0.496 e. The first kappa shape index (κ1) is 19.0. The third kappa shape index (κ3) is 7.26. The average molecular weight is 330 g/mol. The molecular weight excluding hydrogens is 308 g/mol. The first-order valence-electron chi connectivity index (χ1n) is 7.23. The number of methoxy groups -OCH3 is 1. The Kier molecular flexibility index (Phi) is 7.77. The van der Waals surface area contributed by atoms with Crippen molar-refractivity contribution in [2.45, 2.75) is 20.4 Å². The summed E-state index contributed by atoms with van der Waals surface area (Å²) in [4.78, 5) is 17.5. The number of pyridine rings is 1. The number of guanidine groups is 1. The number of benzene rings is 1. The van der Waals surface area contributed by atoms with Crippen molar-refractivity contribution >= 4 is 17.7 Å². The third-order valence-electron chi connectivity index (χ3n) is 2.78. The van der Waals surface area contributed by atoms with E-state index in [-0.39, 0.29) is 0 Å². The summed E-state index contributed by atoms with van der Waals surface area (Å²) in [6.07, 6.45) is 1.73. The van der Waals surface area contributed by atoms with E-state index in [4.69, 9.17) is 20.4 Å². The maximum absolute atomic E-state index is 9.00. The van der Waals surface area contributed by atoms with Crippen molar-refractivity contribution in [3.63, 3.8) is 0 Å². The maximum atomic E-state index is 9.00. The van der Waals surface area contributed by atoms with Gasteiger partial charge in [0.15, 0.2) is 5.96 Å². The van der Waals surface area contributed by atoms with E-state index in [9.17, 15) is 0 Å². The Morgan fingerprint density at radius 1 is 1.38 bits per heavy atom. The summed E-state index contributed by atoms with van der Waals surface area (Å²) in [5.41, 5.74) is 7.95. The molecule has 0 amide bonds. The Hall–Kier alpha value is -3.09. The summed E-state index contributed by atoms with van der Waals surface area (Å²) < 4.78 is 5.27. The van der Waals surface area contributed by atoms with Crippen LogP contribution in [0, 0.1) is 6.92 Å². The molecule has 1 aromatic heterocycles. The van der Waals surface area contributed by atoms with Crippen LogP contribution in [0.2, 0.25) is 0 Å². The van der Waals surface area contributed by atoms with Crippen molar-refractivity contribution in [2.75, 3.05) is 12.4 Å². The summed E-state index contributed by atoms with van der Waals surface area (Å²) in [7, 11) is 1.64. The molecule has 128 valence electrons. The summed E-state index contributed by atoms with van der Waals surface area (Å²) in [6.45, 7) is 3.53. The number of nitrogens with zero attached hydrogens (tertiary/aromatic N) is 2. The van der Waals surface area contributed by atoms with Crippen LogP contribution in [0.25, 0.3) is 0 Å². The molecule has 24 heavy (non-hydrogen) atoms. The lowest BCUT2D eigenvalue weighted by Gasteiger charge is -2.07. The second-order valence-corrected chi connectivity index (χ2v) is 4.88. The zero-order valence-electron chi connectivity index (χ0n) is 14.0. The van der Waals surface area contributed by atoms with Crippen molar-refractivity contribution in [1.29, 1.82) is 0 Å². The Bertz CT molecular complexity index is 698. The van der Waals surface area contributed by atoms with Gasteiger partial charge in [-0.1, -0.05) is 18.2 Å². The molecule has 0 spiro atoms. The van der Waals surface area contributed by atoms with Gasteiger partial charge in [-0.05, 0) is 30.7 Å². The number of aryl methyl sites for hydroxylation is 1. The minimum atomic E-state index is -0.833. The molecule has 0 atom stereocenters. The Morgan fingerprint density at radius 2 is 2.04 bits per heavy atom. The van der Waals surface area contributed by atoms with E-state index >= 15 is 0 Å². The van der Waals surface area contributed by atoms with E-state index in [1.54, 1.807) is 13.3 Å². The molecule has 0 radical (unpaired) electrons. The highest BCUT2D eigenvalue weighted by atomic mass is 16.5. The number of nitrogens with one attached hydrogen (secondary N) is 1. The molecule has 1 heterocycles. The zero-order chi connectivity index (χ0) is 17.9. The molecule has 7 nitrogen and oxygen atoms in total. The lowest BCUT2D eigenvalue weighted by Crippen LogP contribution is -2.23. The fraction of sp³-hybridized carbons (Fsp3) is 0.235. The van der Waals surface area contributed by atoms with Crippen LogP contribution in [-0.2, 0) is 11.3 Å². The number of carboxylic acid groups (broad SMARTS) is 1. The van der Waals surface area contributed by atoms with Crippen molar-refractivity contribution in [1.82, 2.24) is 4.98 Å². The number of aliphatic carboxylic acids is 1. The lowest BCUT2D eigenvalue weighted by atomic mass is 10.2. The second-order valence-electron chi connectivity index (χ2n) is 4.88. The third-order valence-corrected chi connectivity index (χ3v) is 2.78. The minimum Gasteiger partial charge on any atom is -0.496 e. The molecule has 7 heteroatoms. The number of carbonyl (C=O) groups is 1. The fourth-order valence-electron chi connectivity index (χ4n) is 1.78. The Labute approximate surface area is 141 Å². The highest BCUT2D eigenvalue weighted by Crippen LogP contribution is 2.17. The van der Waals surface area contributed by atoms with Crippen LogP contribution in [0.15, 0.2) is 47.6 Å². The standard InChI is InChI=1S/C15H18N4O.C2H4O2/c1-11-7-8-17-14(9-11)19-15(16)18-10-12-5-3-4-6-13(12)20-2;1-2(3)4/h3-9H,10H2,1-2H3,(H3,16,17,18,19);1H3,(H,3,4). The SMILES string of the molecule is CC(=O)O.COc1ccccc1CN=C(N)Nc1cc(C)ccn1. The van der Waals surface area contributed by atoms with Crippen molar-refractivity contribution < 1.29 is 14.6 Å². The van der Waals surface area contributed by atoms with Crippen LogP contribution in [-0.4, -0.2) is 29.1 Å². The maximum Gasteiger partial charge on any atom is 0.300 e. The van der Waals surface area contributed by atoms with Crippen LogP contribution < -0.4 is 15.8 Å². The molecule has 0 bridgehead atoms. The smallest absolute Gasteiger partial charge is 0.300 e. The average Bonchev–Trinajstić information content (AvgIpc) is 2.52. The molecular formula is C17H22N4O3. The van der Waals surface area contributed by atoms with Gasteiger partial charge >= 0.3 is 0 Å². The van der Waals surface area contributed by atoms with Gasteiger partial charge in [0.1, 0.15) is 11.6 Å². The van der Waals surface area contributed by atoms with Gasteiger partial charge in [-0.3, -0.25) is 4.79 Å². The molecule has 0 fully saturated rings. The second kappa shape index (κ2) is 9.83. The van der Waals surface area contributed by atoms with Crippen molar-refractivity contribution in [3.05, 3.63) is 53.7 Å². The predicted molar refractivity (Wildman–Crippen MR) is 94.2 cm³/mol. The number of aromatic nitrogens is 1. The zero-order valence-corrected chi connectivity index (χ0v) is 14.0. The van der Waals surface area contributed by atoms with Gasteiger partial charge in [-0.2, -0.15) is 0 Å². The Morgan fingerprint density at radius 3 is 2.67 bits per heavy atom. The van der Waals surface area contributed by atoms with Gasteiger partial charge in [0.25, 0.3) is 5.97 Å². The molecule has 0 aliphatic carbocycles. The van der Waals surface area contributed by atoms with Gasteiger partial charge in [-0.25, -0.2) is 9.98 Å². The van der Waals surface area contributed by atoms with Crippen LogP contribution in [0.3, 0.4) is 0 Å². The predicted octanol–water partition coefficient (Wildman–Crippen LogP) is 2.42. The van der Waals surface area contributed by atoms with Crippen LogP contribution in [0.1, 0.15) is 18.1 Å². The fourth-order valence-corrected chi connectivity index (χ4v) is 1.78. The number of hydrogen-bond donors (Lipinski definition) is 3. The summed E-state index contributed by atoms with van der Waals surface area (Å²) >= 11 is 0. The summed E-state index contributed by atoms with van der Waals surface area (Å²) in [5, 5.41) is 10.4. The van der Waals surface area contributed by atoms with Crippen LogP contribution in [0.4, 0.5) is 5.82 Å². The van der Waals surface area contributed by atoms with E-state index in [0.29, 0.717) is 18.3 Å². The first-order valence-corrected chi connectivity index (χ1v) is 7.23. The number of anilines is 1. The molecule has 1 aromatic carbocycles. The van der Waals surface area contributed by atoms with Gasteiger partial charge in [0.05, 0.1) is 13.7 Å². The quantitative estimate of drug-likeness (QED) is 0.586. The lowest BCUT2D eigenvalue weighted by molar-refractivity contribution is -0.134. The minimum absolute atomic E-state index is 0.328. The van der Waals surface area contributed by atoms with Gasteiger partial charge in [0, 0.05) is 18.7 Å². The summed E-state index contributed by atoms with van der Waals surface area (Å²) in [5.74, 6) is 0.984. The van der Waals surface area contributed by atoms with Gasteiger partial charge in [0.2, 0.25) is 0 Å². The van der Waals surface area contributed by atoms with Crippen LogP contribution >= 0.6 is 0 Å². The number of carboxylic acids is 1. The topological polar surface area (TPSA) is 110 Å². The van der Waals surface area contributed by atoms with E-state index in [2.05, 4.69) is 15.3 Å². The van der Waals surface area contributed by atoms with E-state index in [1.807, 2.05) is 43.3 Å². The van der Waals surface area contributed by atoms with Crippen molar-refractivity contribution in [3.8, 4) is 5.75 Å². The van der Waals surface area contributed by atoms with Crippen molar-refractivity contribution in [2.24, 2.45) is 10.7 Å². The number of ether oxygens (including phenoxy) is 1. The molecule has 0 saturated heterocycles. The monoisotopic (exact) mass is 330 g/mol. The van der Waals surface area contributed by atoms with E-state index < -0.39 is 5.97 Å². The highest BCUT2D eigenvalue weighted by Gasteiger charge is 2.01. The van der Waals surface area contributed by atoms with Gasteiger partial charge in [-0.15, -0.1) is 0 Å². The van der Waals surface area contributed by atoms with Gasteiger partial charge < -0.3 is 20.9 Å². The molecule has 0 aliphatic rings. The number of rotatable bonds is 4. The molecule has 0 aliphatic heterocycles. The number of para-hydroxylation sites is 1.